The summed E-state index contributed by atoms with van der Waals surface area (Å²) < 4.78 is 0. The van der Waals surface area contributed by atoms with Crippen LogP contribution in [0.1, 0.15) is 65.4 Å². The molecule has 21 heavy (non-hydrogen) atoms. The van der Waals surface area contributed by atoms with E-state index in [0.29, 0.717) is 5.92 Å². The molecule has 1 fully saturated rings. The Morgan fingerprint density at radius 2 is 1.52 bits per heavy atom. The van der Waals surface area contributed by atoms with E-state index in [0.717, 1.165) is 24.7 Å². The molecule has 3 atom stereocenters. The number of benzene rings is 1. The normalized spacial score (nSPS) is 28.3. The SMILES string of the molecule is CCC(CC)(c1ccccc1)C(N)C1CC(C)CC(C)C1. The van der Waals surface area contributed by atoms with Crippen molar-refractivity contribution in [2.45, 2.75) is 71.3 Å². The van der Waals surface area contributed by atoms with Crippen LogP contribution in [0, 0.1) is 17.8 Å². The Bertz CT molecular complexity index is 411. The predicted molar refractivity (Wildman–Crippen MR) is 92.3 cm³/mol. The summed E-state index contributed by atoms with van der Waals surface area (Å²) in [4.78, 5) is 0. The number of rotatable bonds is 5. The van der Waals surface area contributed by atoms with Gasteiger partial charge in [-0.2, -0.15) is 0 Å². The van der Waals surface area contributed by atoms with Gasteiger partial charge >= 0.3 is 0 Å². The van der Waals surface area contributed by atoms with Crippen LogP contribution >= 0.6 is 0 Å². The van der Waals surface area contributed by atoms with Gasteiger partial charge in [-0.1, -0.05) is 58.0 Å². The largest absolute Gasteiger partial charge is 0.327 e. The third-order valence-corrected chi connectivity index (χ3v) is 5.97. The summed E-state index contributed by atoms with van der Waals surface area (Å²) in [7, 11) is 0. The number of nitrogens with two attached hydrogens (primary N) is 1. The van der Waals surface area contributed by atoms with Gasteiger partial charge in [0.1, 0.15) is 0 Å². The summed E-state index contributed by atoms with van der Waals surface area (Å²) in [6, 6.07) is 11.3. The smallest absolute Gasteiger partial charge is 0.0165 e. The van der Waals surface area contributed by atoms with Crippen LogP contribution in [0.3, 0.4) is 0 Å². The van der Waals surface area contributed by atoms with Gasteiger partial charge in [-0.25, -0.2) is 0 Å². The fourth-order valence-electron chi connectivity index (χ4n) is 4.85. The molecule has 0 aliphatic heterocycles. The van der Waals surface area contributed by atoms with E-state index in [1.165, 1.54) is 24.8 Å². The van der Waals surface area contributed by atoms with Gasteiger partial charge in [-0.15, -0.1) is 0 Å². The lowest BCUT2D eigenvalue weighted by Crippen LogP contribution is -2.51. The minimum absolute atomic E-state index is 0.142. The Kier molecular flexibility index (Phi) is 5.48. The van der Waals surface area contributed by atoms with Crippen molar-refractivity contribution in [1.82, 2.24) is 0 Å². The molecule has 1 aromatic rings. The maximum absolute atomic E-state index is 6.91. The van der Waals surface area contributed by atoms with Crippen molar-refractivity contribution in [2.24, 2.45) is 23.5 Å². The van der Waals surface area contributed by atoms with Crippen molar-refractivity contribution >= 4 is 0 Å². The van der Waals surface area contributed by atoms with Crippen molar-refractivity contribution in [2.75, 3.05) is 0 Å². The second kappa shape index (κ2) is 6.96. The molecular weight excluding hydrogens is 254 g/mol. The molecule has 1 saturated carbocycles. The Morgan fingerprint density at radius 1 is 1.00 bits per heavy atom. The van der Waals surface area contributed by atoms with Crippen molar-refractivity contribution in [3.8, 4) is 0 Å². The molecule has 0 bridgehead atoms. The monoisotopic (exact) mass is 287 g/mol. The molecule has 1 aliphatic carbocycles. The minimum Gasteiger partial charge on any atom is -0.327 e. The molecule has 0 amide bonds. The molecule has 3 unspecified atom stereocenters. The van der Waals surface area contributed by atoms with Crippen LogP contribution in [-0.4, -0.2) is 6.04 Å². The first kappa shape index (κ1) is 16.5. The topological polar surface area (TPSA) is 26.0 Å². The molecule has 2 N–H and O–H groups in total. The van der Waals surface area contributed by atoms with Gasteiger partial charge in [-0.3, -0.25) is 0 Å². The molecule has 2 rings (SSSR count). The summed E-state index contributed by atoms with van der Waals surface area (Å²) in [6.07, 6.45) is 6.25. The quantitative estimate of drug-likeness (QED) is 0.797. The maximum Gasteiger partial charge on any atom is 0.0165 e. The van der Waals surface area contributed by atoms with Gasteiger partial charge in [0.2, 0.25) is 0 Å². The van der Waals surface area contributed by atoms with E-state index in [2.05, 4.69) is 58.0 Å². The molecule has 1 aliphatic rings. The van der Waals surface area contributed by atoms with Crippen molar-refractivity contribution in [1.29, 1.82) is 0 Å². The molecule has 0 aromatic heterocycles. The lowest BCUT2D eigenvalue weighted by Gasteiger charge is -2.45. The Morgan fingerprint density at radius 3 is 2.00 bits per heavy atom. The summed E-state index contributed by atoms with van der Waals surface area (Å²) in [6.45, 7) is 9.42. The second-order valence-electron chi connectivity index (χ2n) is 7.43. The molecule has 0 spiro atoms. The first-order valence-electron chi connectivity index (χ1n) is 8.84. The first-order chi connectivity index (χ1) is 10.0. The zero-order valence-corrected chi connectivity index (χ0v) is 14.3. The first-order valence-corrected chi connectivity index (χ1v) is 8.84. The second-order valence-corrected chi connectivity index (χ2v) is 7.43. The number of hydrogen-bond acceptors (Lipinski definition) is 1. The zero-order valence-electron chi connectivity index (χ0n) is 14.3. The molecular formula is C20H33N. The highest BCUT2D eigenvalue weighted by Crippen LogP contribution is 2.43. The highest BCUT2D eigenvalue weighted by Gasteiger charge is 2.41. The van der Waals surface area contributed by atoms with Gasteiger partial charge in [-0.05, 0) is 55.4 Å². The highest BCUT2D eigenvalue weighted by molar-refractivity contribution is 5.28. The minimum atomic E-state index is 0.142. The van der Waals surface area contributed by atoms with Gasteiger partial charge in [0.05, 0.1) is 0 Å². The fraction of sp³-hybridized carbons (Fsp3) is 0.700. The fourth-order valence-corrected chi connectivity index (χ4v) is 4.85. The molecule has 0 heterocycles. The lowest BCUT2D eigenvalue weighted by atomic mass is 9.62. The van der Waals surface area contributed by atoms with Crippen LogP contribution in [0.2, 0.25) is 0 Å². The van der Waals surface area contributed by atoms with Crippen molar-refractivity contribution in [3.05, 3.63) is 35.9 Å². The van der Waals surface area contributed by atoms with E-state index < -0.39 is 0 Å². The van der Waals surface area contributed by atoms with E-state index in [4.69, 9.17) is 5.73 Å². The Labute approximate surface area is 131 Å². The van der Waals surface area contributed by atoms with Gasteiger partial charge in [0.25, 0.3) is 0 Å². The highest BCUT2D eigenvalue weighted by atomic mass is 14.7. The molecule has 1 heteroatoms. The predicted octanol–water partition coefficient (Wildman–Crippen LogP) is 5.14. The average molecular weight is 287 g/mol. The molecule has 1 nitrogen and oxygen atoms in total. The van der Waals surface area contributed by atoms with E-state index in [9.17, 15) is 0 Å². The van der Waals surface area contributed by atoms with E-state index in [-0.39, 0.29) is 11.5 Å². The molecule has 0 radical (unpaired) electrons. The van der Waals surface area contributed by atoms with Crippen LogP contribution in [0.5, 0.6) is 0 Å². The van der Waals surface area contributed by atoms with Crippen LogP contribution < -0.4 is 5.73 Å². The van der Waals surface area contributed by atoms with Crippen LogP contribution in [0.4, 0.5) is 0 Å². The zero-order chi connectivity index (χ0) is 15.5. The average Bonchev–Trinajstić information content (AvgIpc) is 2.49. The van der Waals surface area contributed by atoms with Gasteiger partial charge in [0, 0.05) is 11.5 Å². The third kappa shape index (κ3) is 3.34. The van der Waals surface area contributed by atoms with Gasteiger partial charge < -0.3 is 5.73 Å². The van der Waals surface area contributed by atoms with Gasteiger partial charge in [0.15, 0.2) is 0 Å². The molecule has 1 aromatic carbocycles. The third-order valence-electron chi connectivity index (χ3n) is 5.97. The Hall–Kier alpha value is -0.820. The van der Waals surface area contributed by atoms with Crippen LogP contribution in [-0.2, 0) is 5.41 Å². The van der Waals surface area contributed by atoms with Crippen LogP contribution in [0.15, 0.2) is 30.3 Å². The van der Waals surface area contributed by atoms with Crippen LogP contribution in [0.25, 0.3) is 0 Å². The summed E-state index contributed by atoms with van der Waals surface area (Å²) in [5.74, 6) is 2.32. The summed E-state index contributed by atoms with van der Waals surface area (Å²) >= 11 is 0. The molecule has 118 valence electrons. The van der Waals surface area contributed by atoms with E-state index in [1.807, 2.05) is 0 Å². The standard InChI is InChI=1S/C20H33N/c1-5-20(6-2,18-10-8-7-9-11-18)19(21)17-13-15(3)12-16(4)14-17/h7-11,15-17,19H,5-6,12-14,21H2,1-4H3. The van der Waals surface area contributed by atoms with E-state index >= 15 is 0 Å². The Balaban J connectivity index is 2.29. The summed E-state index contributed by atoms with van der Waals surface area (Å²) in [5.41, 5.74) is 8.49. The maximum atomic E-state index is 6.91. The van der Waals surface area contributed by atoms with Crippen molar-refractivity contribution < 1.29 is 0 Å². The lowest BCUT2D eigenvalue weighted by molar-refractivity contribution is 0.142. The number of hydrogen-bond donors (Lipinski definition) is 1. The molecule has 0 saturated heterocycles. The summed E-state index contributed by atoms with van der Waals surface area (Å²) in [5, 5.41) is 0. The van der Waals surface area contributed by atoms with E-state index in [1.54, 1.807) is 0 Å². The van der Waals surface area contributed by atoms with Crippen molar-refractivity contribution in [3.63, 3.8) is 0 Å².